The summed E-state index contributed by atoms with van der Waals surface area (Å²) in [7, 11) is 0. The second-order valence-electron chi connectivity index (χ2n) is 7.78. The van der Waals surface area contributed by atoms with Crippen molar-refractivity contribution >= 4 is 11.5 Å². The predicted molar refractivity (Wildman–Crippen MR) is 113 cm³/mol. The van der Waals surface area contributed by atoms with E-state index in [0.29, 0.717) is 18.5 Å². The minimum absolute atomic E-state index is 0.0957. The number of aliphatic imine (C=N–C) groups is 2. The molecule has 0 saturated heterocycles. The zero-order chi connectivity index (χ0) is 21.5. The van der Waals surface area contributed by atoms with Gasteiger partial charge in [-0.2, -0.15) is 13.2 Å². The molecule has 1 aliphatic heterocycles. The molecule has 0 radical (unpaired) electrons. The lowest BCUT2D eigenvalue weighted by Gasteiger charge is -2.23. The van der Waals surface area contributed by atoms with Crippen LogP contribution in [0.15, 0.2) is 44.9 Å². The van der Waals surface area contributed by atoms with Crippen LogP contribution in [0.5, 0.6) is 0 Å². The number of nitrogens with zero attached hydrogens (tertiary/aromatic N) is 2. The Morgan fingerprint density at radius 2 is 1.96 bits per heavy atom. The first-order valence-electron chi connectivity index (χ1n) is 9.61. The van der Waals surface area contributed by atoms with Crippen LogP contribution < -0.4 is 0 Å². The van der Waals surface area contributed by atoms with E-state index in [1.807, 2.05) is 26.8 Å². The summed E-state index contributed by atoms with van der Waals surface area (Å²) in [6.45, 7) is 12.2. The molecule has 154 valence electrons. The number of terminal acetylenes is 1. The first kappa shape index (κ1) is 23.9. The van der Waals surface area contributed by atoms with Crippen LogP contribution in [-0.4, -0.2) is 24.3 Å². The molecule has 1 aliphatic rings. The second kappa shape index (κ2) is 9.91. The Morgan fingerprint density at radius 3 is 2.50 bits per heavy atom. The minimum Gasteiger partial charge on any atom is -0.270 e. The molecule has 2 nitrogen and oxygen atoms in total. The molecular formula is C23H31F3N2. The van der Waals surface area contributed by atoms with Gasteiger partial charge in [0.05, 0.1) is 0 Å². The van der Waals surface area contributed by atoms with Crippen molar-refractivity contribution in [3.05, 3.63) is 34.9 Å². The van der Waals surface area contributed by atoms with Crippen LogP contribution in [0.3, 0.4) is 0 Å². The molecule has 28 heavy (non-hydrogen) atoms. The molecule has 0 N–H and O–H groups in total. The van der Waals surface area contributed by atoms with Crippen molar-refractivity contribution in [3.8, 4) is 12.3 Å². The van der Waals surface area contributed by atoms with Gasteiger partial charge in [-0.3, -0.25) is 4.99 Å². The summed E-state index contributed by atoms with van der Waals surface area (Å²) in [5, 5.41) is 0. The third kappa shape index (κ3) is 7.50. The van der Waals surface area contributed by atoms with Gasteiger partial charge in [0.1, 0.15) is 5.84 Å². The number of dihydropyridines is 1. The van der Waals surface area contributed by atoms with Crippen LogP contribution >= 0.6 is 0 Å². The summed E-state index contributed by atoms with van der Waals surface area (Å²) in [6.07, 6.45) is 6.86. The molecule has 1 heterocycles. The lowest BCUT2D eigenvalue weighted by Crippen LogP contribution is -2.17. The van der Waals surface area contributed by atoms with Crippen LogP contribution in [0.2, 0.25) is 0 Å². The van der Waals surface area contributed by atoms with E-state index in [2.05, 4.69) is 28.9 Å². The fourth-order valence-electron chi connectivity index (χ4n) is 2.95. The second-order valence-corrected chi connectivity index (χ2v) is 7.78. The van der Waals surface area contributed by atoms with Gasteiger partial charge >= 0.3 is 6.18 Å². The van der Waals surface area contributed by atoms with E-state index < -0.39 is 18.0 Å². The Labute approximate surface area is 167 Å². The molecule has 1 rings (SSSR count). The Kier molecular flexibility index (Phi) is 8.48. The topological polar surface area (TPSA) is 24.7 Å². The van der Waals surface area contributed by atoms with E-state index in [1.165, 1.54) is 0 Å². The predicted octanol–water partition coefficient (Wildman–Crippen LogP) is 6.71. The van der Waals surface area contributed by atoms with Crippen molar-refractivity contribution in [1.82, 2.24) is 0 Å². The molecule has 0 aromatic rings. The highest BCUT2D eigenvalue weighted by Crippen LogP contribution is 2.33. The molecule has 0 spiro atoms. The first-order chi connectivity index (χ1) is 12.9. The van der Waals surface area contributed by atoms with Gasteiger partial charge in [-0.15, -0.1) is 6.42 Å². The lowest BCUT2D eigenvalue weighted by molar-refractivity contribution is -0.134. The molecule has 0 amide bonds. The molecule has 5 heteroatoms. The number of halogens is 3. The first-order valence-corrected chi connectivity index (χ1v) is 9.61. The zero-order valence-corrected chi connectivity index (χ0v) is 17.7. The van der Waals surface area contributed by atoms with Crippen LogP contribution in [0.25, 0.3) is 0 Å². The Balaban J connectivity index is 3.01. The van der Waals surface area contributed by atoms with E-state index in [9.17, 15) is 13.2 Å². The van der Waals surface area contributed by atoms with Crippen LogP contribution in [0, 0.1) is 23.7 Å². The maximum atomic E-state index is 12.7. The van der Waals surface area contributed by atoms with Gasteiger partial charge in [0.2, 0.25) is 0 Å². The quantitative estimate of drug-likeness (QED) is 0.340. The molecule has 0 saturated carbocycles. The van der Waals surface area contributed by atoms with Gasteiger partial charge in [0.15, 0.2) is 0 Å². The lowest BCUT2D eigenvalue weighted by atomic mass is 9.82. The van der Waals surface area contributed by atoms with E-state index in [-0.39, 0.29) is 12.3 Å². The Morgan fingerprint density at radius 1 is 1.32 bits per heavy atom. The molecular weight excluding hydrogens is 361 g/mol. The van der Waals surface area contributed by atoms with E-state index in [0.717, 1.165) is 22.7 Å². The van der Waals surface area contributed by atoms with Gasteiger partial charge in [-0.25, -0.2) is 4.99 Å². The number of hydrogen-bond donors (Lipinski definition) is 0. The number of rotatable bonds is 7. The molecule has 0 fully saturated rings. The smallest absolute Gasteiger partial charge is 0.270 e. The van der Waals surface area contributed by atoms with Crippen LogP contribution in [0.4, 0.5) is 13.2 Å². The highest BCUT2D eigenvalue weighted by atomic mass is 19.4. The fourth-order valence-corrected chi connectivity index (χ4v) is 2.95. The third-order valence-corrected chi connectivity index (χ3v) is 4.81. The molecule has 0 aromatic heterocycles. The minimum atomic E-state index is -4.20. The normalized spacial score (nSPS) is 20.7. The monoisotopic (exact) mass is 392 g/mol. The van der Waals surface area contributed by atoms with Gasteiger partial charge in [-0.1, -0.05) is 42.2 Å². The average Bonchev–Trinajstić information content (AvgIpc) is 2.58. The number of amidine groups is 1. The Hall–Kier alpha value is -2.09. The van der Waals surface area contributed by atoms with Gasteiger partial charge in [0.25, 0.3) is 0 Å². The summed E-state index contributed by atoms with van der Waals surface area (Å²) in [5.74, 6) is 3.60. The van der Waals surface area contributed by atoms with Crippen molar-refractivity contribution in [2.75, 3.05) is 6.54 Å². The molecule has 0 aliphatic carbocycles. The van der Waals surface area contributed by atoms with E-state index >= 15 is 0 Å². The third-order valence-electron chi connectivity index (χ3n) is 4.81. The summed E-state index contributed by atoms with van der Waals surface area (Å²) < 4.78 is 38.0. The van der Waals surface area contributed by atoms with Crippen molar-refractivity contribution < 1.29 is 13.2 Å². The van der Waals surface area contributed by atoms with Crippen molar-refractivity contribution in [3.63, 3.8) is 0 Å². The van der Waals surface area contributed by atoms with E-state index in [1.54, 1.807) is 19.9 Å². The SMILES string of the molecule is C#CC(C)(C)/C(=C\C=C(/C)CC1=CC(C)/C(=N\CC)N=C1C)CCC(F)(F)F. The van der Waals surface area contributed by atoms with Crippen LogP contribution in [0.1, 0.15) is 60.8 Å². The van der Waals surface area contributed by atoms with Gasteiger partial charge in [0, 0.05) is 30.0 Å². The zero-order valence-electron chi connectivity index (χ0n) is 17.7. The largest absolute Gasteiger partial charge is 0.389 e. The van der Waals surface area contributed by atoms with Crippen molar-refractivity contribution in [2.24, 2.45) is 21.3 Å². The number of allylic oxidation sites excluding steroid dienone is 5. The van der Waals surface area contributed by atoms with Crippen molar-refractivity contribution in [2.45, 2.75) is 67.0 Å². The fraction of sp³-hybridized carbons (Fsp3) is 0.565. The van der Waals surface area contributed by atoms with Gasteiger partial charge < -0.3 is 0 Å². The molecule has 1 unspecified atom stereocenters. The molecule has 1 atom stereocenters. The number of alkyl halides is 3. The molecule has 0 aromatic carbocycles. The van der Waals surface area contributed by atoms with Crippen molar-refractivity contribution in [1.29, 1.82) is 0 Å². The molecule has 0 bridgehead atoms. The highest BCUT2D eigenvalue weighted by Gasteiger charge is 2.30. The maximum Gasteiger partial charge on any atom is 0.389 e. The van der Waals surface area contributed by atoms with Gasteiger partial charge in [-0.05, 0) is 53.0 Å². The standard InChI is InChI=1S/C23H31F3N2/c1-8-22(6,7)20(12-13-23(24,25)26)11-10-16(3)14-19-15-17(4)21(27-9-2)28-18(19)5/h1,10-11,15,17H,9,12-14H2,2-7H3/b16-10+,20-11-,27-21+. The van der Waals surface area contributed by atoms with Crippen LogP contribution in [-0.2, 0) is 0 Å². The average molecular weight is 393 g/mol. The summed E-state index contributed by atoms with van der Waals surface area (Å²) in [6, 6.07) is 0. The number of hydrogen-bond acceptors (Lipinski definition) is 1. The van der Waals surface area contributed by atoms with E-state index in [4.69, 9.17) is 6.42 Å². The maximum absolute atomic E-state index is 12.7. The summed E-state index contributed by atoms with van der Waals surface area (Å²) in [4.78, 5) is 9.01. The summed E-state index contributed by atoms with van der Waals surface area (Å²) in [5.41, 5.74) is 2.99. The summed E-state index contributed by atoms with van der Waals surface area (Å²) >= 11 is 0. The Bertz CT molecular complexity index is 754. The highest BCUT2D eigenvalue weighted by molar-refractivity contribution is 6.09.